The highest BCUT2D eigenvalue weighted by atomic mass is 35.5. The summed E-state index contributed by atoms with van der Waals surface area (Å²) < 4.78 is 5.53. The first-order valence-corrected chi connectivity index (χ1v) is 7.10. The molecule has 0 aliphatic rings. The zero-order chi connectivity index (χ0) is 13.5. The monoisotopic (exact) mass is 308 g/mol. The van der Waals surface area contributed by atoms with Gasteiger partial charge in [0.15, 0.2) is 5.78 Å². The first-order chi connectivity index (χ1) is 8.60. The van der Waals surface area contributed by atoms with E-state index in [1.165, 1.54) is 0 Å². The second-order valence-electron chi connectivity index (χ2n) is 3.83. The fourth-order valence-corrected chi connectivity index (χ4v) is 2.16. The molecule has 100 valence electrons. The van der Waals surface area contributed by atoms with Crippen molar-refractivity contribution in [3.63, 3.8) is 0 Å². The Kier molecular flexibility index (Phi) is 6.83. The van der Waals surface area contributed by atoms with Crippen LogP contribution in [0.25, 0.3) is 0 Å². The van der Waals surface area contributed by atoms with Crippen molar-refractivity contribution in [2.45, 2.75) is 26.2 Å². The lowest BCUT2D eigenvalue weighted by atomic mass is 10.1. The van der Waals surface area contributed by atoms with Gasteiger partial charge < -0.3 is 4.74 Å². The van der Waals surface area contributed by atoms with Gasteiger partial charge in [0.2, 0.25) is 0 Å². The summed E-state index contributed by atoms with van der Waals surface area (Å²) in [5, 5.41) is 0.795. The maximum Gasteiger partial charge on any atom is 0.166 e. The lowest BCUT2D eigenvalue weighted by molar-refractivity contribution is 0.0978. The first kappa shape index (κ1) is 15.6. The number of Topliss-reactive ketones (excluding diaryl/α,β-unsaturated/α-hetero) is 1. The van der Waals surface area contributed by atoms with Gasteiger partial charge in [0.05, 0.1) is 17.2 Å². The number of benzene rings is 1. The third-order valence-electron chi connectivity index (χ3n) is 2.30. The topological polar surface area (TPSA) is 26.3 Å². The van der Waals surface area contributed by atoms with Crippen molar-refractivity contribution >= 4 is 40.6 Å². The van der Waals surface area contributed by atoms with Crippen LogP contribution < -0.4 is 4.74 Å². The van der Waals surface area contributed by atoms with Crippen molar-refractivity contribution in [3.8, 4) is 5.75 Å². The minimum atomic E-state index is -0.0499. The van der Waals surface area contributed by atoms with Crippen LogP contribution in [-0.2, 0) is 0 Å². The van der Waals surface area contributed by atoms with Crippen LogP contribution in [0.15, 0.2) is 12.1 Å². The number of alkyl halides is 1. The summed E-state index contributed by atoms with van der Waals surface area (Å²) in [6.45, 7) is 2.50. The molecule has 18 heavy (non-hydrogen) atoms. The lowest BCUT2D eigenvalue weighted by Gasteiger charge is -2.12. The van der Waals surface area contributed by atoms with Crippen molar-refractivity contribution in [3.05, 3.63) is 27.7 Å². The maximum atomic E-state index is 12.0. The molecule has 0 aliphatic heterocycles. The average molecular weight is 310 g/mol. The Balaban J connectivity index is 3.02. The van der Waals surface area contributed by atoms with Crippen molar-refractivity contribution in [2.75, 3.05) is 12.5 Å². The fraction of sp³-hybridized carbons (Fsp3) is 0.462. The molecule has 0 fully saturated rings. The summed E-state index contributed by atoms with van der Waals surface area (Å²) in [5.41, 5.74) is 0.436. The van der Waals surface area contributed by atoms with E-state index >= 15 is 0 Å². The number of ether oxygens (including phenoxy) is 1. The van der Waals surface area contributed by atoms with Gasteiger partial charge in [-0.2, -0.15) is 0 Å². The Morgan fingerprint density at radius 2 is 2.06 bits per heavy atom. The molecule has 0 heterocycles. The maximum absolute atomic E-state index is 12.0. The van der Waals surface area contributed by atoms with Crippen LogP contribution in [0.2, 0.25) is 10.0 Å². The van der Waals surface area contributed by atoms with Crippen molar-refractivity contribution in [1.82, 2.24) is 0 Å². The van der Waals surface area contributed by atoms with E-state index in [4.69, 9.17) is 39.5 Å². The number of ketones is 1. The molecule has 1 aromatic rings. The smallest absolute Gasteiger partial charge is 0.166 e. The Bertz CT molecular complexity index is 419. The van der Waals surface area contributed by atoms with E-state index in [-0.39, 0.29) is 5.78 Å². The predicted molar refractivity (Wildman–Crippen MR) is 76.5 cm³/mol. The molecule has 0 unspecified atom stereocenters. The summed E-state index contributed by atoms with van der Waals surface area (Å²) >= 11 is 17.6. The lowest BCUT2D eigenvalue weighted by Crippen LogP contribution is -2.06. The highest BCUT2D eigenvalue weighted by Gasteiger charge is 2.16. The molecular formula is C13H15Cl3O2. The van der Waals surface area contributed by atoms with E-state index in [2.05, 4.69) is 0 Å². The zero-order valence-corrected chi connectivity index (χ0v) is 12.4. The van der Waals surface area contributed by atoms with Crippen LogP contribution in [0.3, 0.4) is 0 Å². The van der Waals surface area contributed by atoms with Gasteiger partial charge >= 0.3 is 0 Å². The van der Waals surface area contributed by atoms with E-state index in [0.717, 1.165) is 6.42 Å². The van der Waals surface area contributed by atoms with E-state index in [1.807, 2.05) is 6.92 Å². The number of carbonyl (C=O) groups excluding carboxylic acids is 1. The van der Waals surface area contributed by atoms with Crippen molar-refractivity contribution < 1.29 is 9.53 Å². The molecule has 0 atom stereocenters. The number of hydrogen-bond donors (Lipinski definition) is 0. The number of carbonyl (C=O) groups is 1. The first-order valence-electron chi connectivity index (χ1n) is 5.81. The predicted octanol–water partition coefficient (Wildman–Crippen LogP) is 4.98. The summed E-state index contributed by atoms with van der Waals surface area (Å²) in [7, 11) is 0. The number of halogens is 3. The van der Waals surface area contributed by atoms with Gasteiger partial charge in [0.1, 0.15) is 5.75 Å². The Hall–Kier alpha value is -0.440. The van der Waals surface area contributed by atoms with Gasteiger partial charge in [0.25, 0.3) is 0 Å². The molecule has 1 aromatic carbocycles. The van der Waals surface area contributed by atoms with Crippen LogP contribution >= 0.6 is 34.8 Å². The van der Waals surface area contributed by atoms with Gasteiger partial charge in [-0.15, -0.1) is 11.6 Å². The Morgan fingerprint density at radius 1 is 1.33 bits per heavy atom. The molecule has 0 bridgehead atoms. The van der Waals surface area contributed by atoms with Crippen molar-refractivity contribution in [1.29, 1.82) is 0 Å². The largest absolute Gasteiger partial charge is 0.491 e. The van der Waals surface area contributed by atoms with E-state index in [1.54, 1.807) is 12.1 Å². The molecule has 0 aliphatic carbocycles. The minimum Gasteiger partial charge on any atom is -0.491 e. The number of rotatable bonds is 7. The Morgan fingerprint density at radius 3 is 2.67 bits per heavy atom. The highest BCUT2D eigenvalue weighted by molar-refractivity contribution is 6.36. The van der Waals surface area contributed by atoms with Gasteiger partial charge in [0, 0.05) is 17.3 Å². The van der Waals surface area contributed by atoms with E-state index in [9.17, 15) is 4.79 Å². The SMILES string of the molecule is CCCOc1c(Cl)cc(Cl)cc1C(=O)CCCCl. The van der Waals surface area contributed by atoms with Crippen LogP contribution in [0.1, 0.15) is 36.5 Å². The summed E-state index contributed by atoms with van der Waals surface area (Å²) in [6.07, 6.45) is 1.83. The molecule has 0 spiro atoms. The van der Waals surface area contributed by atoms with Crippen LogP contribution in [-0.4, -0.2) is 18.3 Å². The molecule has 0 amide bonds. The van der Waals surface area contributed by atoms with Crippen LogP contribution in [0, 0.1) is 0 Å². The highest BCUT2D eigenvalue weighted by Crippen LogP contribution is 2.33. The zero-order valence-electron chi connectivity index (χ0n) is 10.1. The third-order valence-corrected chi connectivity index (χ3v) is 3.06. The quantitative estimate of drug-likeness (QED) is 0.524. The molecule has 5 heteroatoms. The molecule has 0 N–H and O–H groups in total. The molecule has 0 radical (unpaired) electrons. The molecule has 0 saturated carbocycles. The normalized spacial score (nSPS) is 10.4. The molecule has 0 saturated heterocycles. The average Bonchev–Trinajstić information content (AvgIpc) is 2.34. The fourth-order valence-electron chi connectivity index (χ4n) is 1.48. The molecule has 0 aromatic heterocycles. The van der Waals surface area contributed by atoms with Gasteiger partial charge in [-0.05, 0) is 25.0 Å². The second-order valence-corrected chi connectivity index (χ2v) is 5.05. The van der Waals surface area contributed by atoms with Gasteiger partial charge in [-0.1, -0.05) is 30.1 Å². The summed E-state index contributed by atoms with van der Waals surface area (Å²) in [4.78, 5) is 12.0. The number of hydrogen-bond acceptors (Lipinski definition) is 2. The van der Waals surface area contributed by atoms with Crippen LogP contribution in [0.5, 0.6) is 5.75 Å². The third kappa shape index (κ3) is 4.34. The molecular weight excluding hydrogens is 294 g/mol. The van der Waals surface area contributed by atoms with Gasteiger partial charge in [-0.25, -0.2) is 0 Å². The summed E-state index contributed by atoms with van der Waals surface area (Å²) in [5.74, 6) is 0.819. The second kappa shape index (κ2) is 7.88. The van der Waals surface area contributed by atoms with E-state index < -0.39 is 0 Å². The molecule has 1 rings (SSSR count). The standard InChI is InChI=1S/C13H15Cl3O2/c1-2-6-18-13-10(12(17)4-3-5-14)7-9(15)8-11(13)16/h7-8H,2-6H2,1H3. The van der Waals surface area contributed by atoms with Gasteiger partial charge in [-0.3, -0.25) is 4.79 Å². The van der Waals surface area contributed by atoms with Crippen LogP contribution in [0.4, 0.5) is 0 Å². The minimum absolute atomic E-state index is 0.0499. The Labute approximate surface area is 122 Å². The van der Waals surface area contributed by atoms with E-state index in [0.29, 0.717) is 46.7 Å². The summed E-state index contributed by atoms with van der Waals surface area (Å²) in [6, 6.07) is 3.17. The molecule has 2 nitrogen and oxygen atoms in total. The van der Waals surface area contributed by atoms with Crippen molar-refractivity contribution in [2.24, 2.45) is 0 Å².